The van der Waals surface area contributed by atoms with Crippen LogP contribution in [0.1, 0.15) is 39.0 Å². The number of halogens is 2. The minimum atomic E-state index is -0.829. The molecule has 4 aromatic rings. The molecule has 11 heteroatoms. The summed E-state index contributed by atoms with van der Waals surface area (Å²) >= 11 is 0. The van der Waals surface area contributed by atoms with Crippen molar-refractivity contribution >= 4 is 11.8 Å². The Labute approximate surface area is 205 Å². The normalized spacial score (nSPS) is 12.7. The lowest BCUT2D eigenvalue weighted by atomic mass is 9.80. The molecule has 0 spiro atoms. The van der Waals surface area contributed by atoms with Gasteiger partial charge in [-0.1, -0.05) is 5.16 Å². The fraction of sp³-hybridized carbons (Fsp3) is 0.240. The smallest absolute Gasteiger partial charge is 0.273 e. The average Bonchev–Trinajstić information content (AvgIpc) is 3.52. The van der Waals surface area contributed by atoms with Crippen LogP contribution in [0.5, 0.6) is 0 Å². The number of pyridine rings is 1. The van der Waals surface area contributed by atoms with E-state index in [0.717, 1.165) is 17.7 Å². The van der Waals surface area contributed by atoms with Gasteiger partial charge < -0.3 is 14.7 Å². The van der Waals surface area contributed by atoms with Crippen LogP contribution in [0.3, 0.4) is 0 Å². The van der Waals surface area contributed by atoms with E-state index in [1.54, 1.807) is 44.2 Å². The van der Waals surface area contributed by atoms with Gasteiger partial charge in [-0.25, -0.2) is 8.78 Å². The quantitative estimate of drug-likeness (QED) is 0.423. The molecule has 0 fully saturated rings. The van der Waals surface area contributed by atoms with Crippen LogP contribution >= 0.6 is 0 Å². The van der Waals surface area contributed by atoms with Crippen LogP contribution in [0.4, 0.5) is 8.78 Å². The monoisotopic (exact) mass is 494 g/mol. The van der Waals surface area contributed by atoms with E-state index in [1.807, 2.05) is 13.1 Å². The van der Waals surface area contributed by atoms with Gasteiger partial charge in [-0.05, 0) is 31.2 Å². The highest BCUT2D eigenvalue weighted by Crippen LogP contribution is 2.30. The number of carbonyl (C=O) groups is 2. The maximum atomic E-state index is 14.1. The summed E-state index contributed by atoms with van der Waals surface area (Å²) in [6.45, 7) is 2.00. The zero-order valence-corrected chi connectivity index (χ0v) is 20.1. The number of nitrogens with one attached hydrogen (secondary N) is 1. The fourth-order valence-corrected chi connectivity index (χ4v) is 3.70. The van der Waals surface area contributed by atoms with E-state index in [9.17, 15) is 18.4 Å². The van der Waals surface area contributed by atoms with Crippen molar-refractivity contribution in [2.24, 2.45) is 7.05 Å². The third kappa shape index (κ3) is 4.85. The Hall–Kier alpha value is -4.41. The van der Waals surface area contributed by atoms with Gasteiger partial charge in [0.1, 0.15) is 11.6 Å². The van der Waals surface area contributed by atoms with Crippen LogP contribution < -0.4 is 5.32 Å². The van der Waals surface area contributed by atoms with Crippen molar-refractivity contribution < 1.29 is 22.9 Å². The molecule has 0 radical (unpaired) electrons. The molecule has 4 rings (SSSR count). The van der Waals surface area contributed by atoms with Crippen LogP contribution in [-0.2, 0) is 12.5 Å². The maximum Gasteiger partial charge on any atom is 0.273 e. The predicted molar refractivity (Wildman–Crippen MR) is 126 cm³/mol. The Balaban J connectivity index is 1.57. The molecule has 0 aliphatic carbocycles. The minimum absolute atomic E-state index is 0.00418. The predicted octanol–water partition coefficient (Wildman–Crippen LogP) is 3.19. The summed E-state index contributed by atoms with van der Waals surface area (Å²) in [4.78, 5) is 31.1. The minimum Gasteiger partial charge on any atom is -0.355 e. The zero-order valence-electron chi connectivity index (χ0n) is 20.1. The van der Waals surface area contributed by atoms with E-state index >= 15 is 0 Å². The molecule has 36 heavy (non-hydrogen) atoms. The second kappa shape index (κ2) is 9.68. The molecule has 1 aromatic carbocycles. The fourth-order valence-electron chi connectivity index (χ4n) is 3.70. The molecule has 0 aliphatic heterocycles. The van der Waals surface area contributed by atoms with Crippen LogP contribution in [0.2, 0.25) is 0 Å². The second-order valence-electron chi connectivity index (χ2n) is 8.75. The molecule has 3 aromatic heterocycles. The molecule has 0 saturated carbocycles. The maximum absolute atomic E-state index is 14.1. The lowest BCUT2D eigenvalue weighted by Gasteiger charge is -2.28. The van der Waals surface area contributed by atoms with E-state index in [4.69, 9.17) is 4.52 Å². The second-order valence-corrected chi connectivity index (χ2v) is 8.75. The number of hydrogen-bond acceptors (Lipinski definition) is 6. The van der Waals surface area contributed by atoms with Gasteiger partial charge in [-0.2, -0.15) is 5.10 Å². The van der Waals surface area contributed by atoms with Gasteiger partial charge in [0.05, 0.1) is 28.4 Å². The molecular formula is C25H24F2N6O3. The Bertz CT molecular complexity index is 1410. The molecule has 2 amide bonds. The van der Waals surface area contributed by atoms with Crippen molar-refractivity contribution in [3.8, 4) is 11.3 Å². The van der Waals surface area contributed by atoms with E-state index in [1.165, 1.54) is 23.2 Å². The first-order chi connectivity index (χ1) is 17.1. The first-order valence-electron chi connectivity index (χ1n) is 11.0. The van der Waals surface area contributed by atoms with E-state index in [0.29, 0.717) is 11.3 Å². The molecule has 1 N–H and O–H groups in total. The molecule has 9 nitrogen and oxygen atoms in total. The number of aryl methyl sites for hydroxylation is 1. The van der Waals surface area contributed by atoms with Gasteiger partial charge in [-0.15, -0.1) is 0 Å². The highest BCUT2D eigenvalue weighted by atomic mass is 19.1. The van der Waals surface area contributed by atoms with Crippen molar-refractivity contribution in [2.75, 3.05) is 20.6 Å². The Morgan fingerprint density at radius 2 is 1.92 bits per heavy atom. The summed E-state index contributed by atoms with van der Waals surface area (Å²) in [5, 5.41) is 10.8. The van der Waals surface area contributed by atoms with E-state index in [-0.39, 0.29) is 29.5 Å². The topological polar surface area (TPSA) is 106 Å². The number of benzene rings is 1. The Morgan fingerprint density at radius 3 is 2.53 bits per heavy atom. The molecule has 0 aliphatic rings. The number of amides is 2. The summed E-state index contributed by atoms with van der Waals surface area (Å²) in [5.41, 5.74) is 0.949. The van der Waals surface area contributed by atoms with E-state index in [2.05, 4.69) is 20.6 Å². The van der Waals surface area contributed by atoms with Crippen LogP contribution in [0.15, 0.2) is 59.5 Å². The largest absolute Gasteiger partial charge is 0.355 e. The van der Waals surface area contributed by atoms with Gasteiger partial charge in [0.15, 0.2) is 11.5 Å². The Kier molecular flexibility index (Phi) is 6.65. The molecule has 1 atom stereocenters. The summed E-state index contributed by atoms with van der Waals surface area (Å²) in [5.74, 6) is -2.29. The SMILES string of the molecule is CN(C)C(=O)c1ccc(C(C)(CNC(=O)c2cc(-c3ccc(F)cc3F)on2)c2cnn(C)c2)nc1. The average molecular weight is 495 g/mol. The first kappa shape index (κ1) is 24.7. The number of rotatable bonds is 7. The van der Waals surface area contributed by atoms with Gasteiger partial charge >= 0.3 is 0 Å². The van der Waals surface area contributed by atoms with Crippen molar-refractivity contribution in [3.63, 3.8) is 0 Å². The molecule has 186 valence electrons. The summed E-state index contributed by atoms with van der Waals surface area (Å²) < 4.78 is 34.0. The van der Waals surface area contributed by atoms with Crippen molar-refractivity contribution in [2.45, 2.75) is 12.3 Å². The third-order valence-electron chi connectivity index (χ3n) is 5.87. The molecule has 3 heterocycles. The van der Waals surface area contributed by atoms with Crippen molar-refractivity contribution in [1.29, 1.82) is 0 Å². The highest BCUT2D eigenvalue weighted by molar-refractivity contribution is 5.94. The lowest BCUT2D eigenvalue weighted by molar-refractivity contribution is 0.0826. The van der Waals surface area contributed by atoms with Crippen LogP contribution in [0.25, 0.3) is 11.3 Å². The first-order valence-corrected chi connectivity index (χ1v) is 11.0. The third-order valence-corrected chi connectivity index (χ3v) is 5.87. The summed E-state index contributed by atoms with van der Waals surface area (Å²) in [7, 11) is 5.09. The van der Waals surface area contributed by atoms with Gasteiger partial charge in [-0.3, -0.25) is 19.3 Å². The standard InChI is InChI=1S/C25H24F2N6O3/c1-25(16-12-30-33(4)13-16,22-8-5-15(11-28-22)24(35)32(2)3)14-29-23(34)20-10-21(36-31-20)18-7-6-17(26)9-19(18)27/h5-13H,14H2,1-4H3,(H,29,34). The molecular weight excluding hydrogens is 470 g/mol. The van der Waals surface area contributed by atoms with Gasteiger partial charge in [0.25, 0.3) is 11.8 Å². The summed E-state index contributed by atoms with van der Waals surface area (Å²) in [6, 6.07) is 7.73. The van der Waals surface area contributed by atoms with Gasteiger partial charge in [0, 0.05) is 57.8 Å². The number of nitrogens with zero attached hydrogens (tertiary/aromatic N) is 5. The highest BCUT2D eigenvalue weighted by Gasteiger charge is 2.33. The number of aromatic nitrogens is 4. The molecule has 1 unspecified atom stereocenters. The Morgan fingerprint density at radius 1 is 1.14 bits per heavy atom. The van der Waals surface area contributed by atoms with Crippen molar-refractivity contribution in [3.05, 3.63) is 89.1 Å². The zero-order chi connectivity index (χ0) is 26.0. The molecule has 0 saturated heterocycles. The van der Waals surface area contributed by atoms with Crippen molar-refractivity contribution in [1.82, 2.24) is 30.1 Å². The van der Waals surface area contributed by atoms with Crippen LogP contribution in [-0.4, -0.2) is 57.3 Å². The van der Waals surface area contributed by atoms with Crippen LogP contribution in [0, 0.1) is 11.6 Å². The molecule has 0 bridgehead atoms. The summed E-state index contributed by atoms with van der Waals surface area (Å²) in [6.07, 6.45) is 4.99. The van der Waals surface area contributed by atoms with E-state index < -0.39 is 23.0 Å². The number of carbonyl (C=O) groups excluding carboxylic acids is 2. The lowest BCUT2D eigenvalue weighted by Crippen LogP contribution is -2.40. The van der Waals surface area contributed by atoms with Gasteiger partial charge in [0.2, 0.25) is 0 Å². The number of hydrogen-bond donors (Lipinski definition) is 1.